The van der Waals surface area contributed by atoms with Crippen LogP contribution in [0.1, 0.15) is 11.3 Å². The number of hydrogen-bond donors (Lipinski definition) is 1. The van der Waals surface area contributed by atoms with Crippen LogP contribution in [0.5, 0.6) is 11.5 Å². The second-order valence-corrected chi connectivity index (χ2v) is 3.98. The SMILES string of the molecule is COc1cc(-c2nc(N)oc2C)c(OC)cc1C. The van der Waals surface area contributed by atoms with E-state index in [4.69, 9.17) is 19.6 Å². The summed E-state index contributed by atoms with van der Waals surface area (Å²) in [6, 6.07) is 3.92. The average Bonchev–Trinajstić information content (AvgIpc) is 2.68. The molecule has 2 aromatic rings. The molecule has 1 aromatic carbocycles. The molecule has 0 aliphatic rings. The number of hydrogen-bond acceptors (Lipinski definition) is 5. The lowest BCUT2D eigenvalue weighted by atomic mass is 10.1. The minimum absolute atomic E-state index is 0.143. The fraction of sp³-hybridized carbons (Fsp3) is 0.308. The molecule has 0 bridgehead atoms. The standard InChI is InChI=1S/C13H16N2O3/c1-7-5-11(17-4)9(6-10(7)16-3)12-8(2)18-13(14)15-12/h5-6H,1-4H3,(H2,14,15). The van der Waals surface area contributed by atoms with Gasteiger partial charge in [-0.2, -0.15) is 4.98 Å². The van der Waals surface area contributed by atoms with Crippen LogP contribution in [0.3, 0.4) is 0 Å². The first-order valence-electron chi connectivity index (χ1n) is 5.52. The van der Waals surface area contributed by atoms with E-state index in [0.717, 1.165) is 16.9 Å². The molecule has 2 N–H and O–H groups in total. The van der Waals surface area contributed by atoms with E-state index >= 15 is 0 Å². The van der Waals surface area contributed by atoms with Crippen molar-refractivity contribution in [1.29, 1.82) is 0 Å². The van der Waals surface area contributed by atoms with Crippen molar-refractivity contribution in [3.8, 4) is 22.8 Å². The van der Waals surface area contributed by atoms with Gasteiger partial charge in [-0.1, -0.05) is 0 Å². The Hall–Kier alpha value is -2.17. The monoisotopic (exact) mass is 248 g/mol. The summed E-state index contributed by atoms with van der Waals surface area (Å²) in [5, 5.41) is 0. The van der Waals surface area contributed by atoms with Gasteiger partial charge in [-0.25, -0.2) is 0 Å². The molecule has 0 unspecified atom stereocenters. The molecule has 96 valence electrons. The van der Waals surface area contributed by atoms with Gasteiger partial charge >= 0.3 is 0 Å². The molecule has 18 heavy (non-hydrogen) atoms. The Kier molecular flexibility index (Phi) is 3.14. The first-order chi connectivity index (χ1) is 8.56. The summed E-state index contributed by atoms with van der Waals surface area (Å²) < 4.78 is 15.9. The van der Waals surface area contributed by atoms with Gasteiger partial charge in [-0.05, 0) is 31.5 Å². The van der Waals surface area contributed by atoms with Crippen LogP contribution in [-0.4, -0.2) is 19.2 Å². The summed E-state index contributed by atoms with van der Waals surface area (Å²) in [5.74, 6) is 2.13. The highest BCUT2D eigenvalue weighted by atomic mass is 16.5. The largest absolute Gasteiger partial charge is 0.496 e. The quantitative estimate of drug-likeness (QED) is 0.903. The van der Waals surface area contributed by atoms with Crippen LogP contribution in [-0.2, 0) is 0 Å². The lowest BCUT2D eigenvalue weighted by Gasteiger charge is -2.11. The molecule has 2 rings (SSSR count). The molecule has 0 aliphatic heterocycles. The van der Waals surface area contributed by atoms with Crippen molar-refractivity contribution in [3.63, 3.8) is 0 Å². The average molecular weight is 248 g/mol. The zero-order chi connectivity index (χ0) is 13.3. The summed E-state index contributed by atoms with van der Waals surface area (Å²) in [4.78, 5) is 4.17. The fourth-order valence-electron chi connectivity index (χ4n) is 1.90. The Morgan fingerprint density at radius 1 is 1.11 bits per heavy atom. The van der Waals surface area contributed by atoms with Crippen LogP contribution in [0.15, 0.2) is 16.5 Å². The number of nitrogens with two attached hydrogens (primary N) is 1. The van der Waals surface area contributed by atoms with Crippen LogP contribution >= 0.6 is 0 Å². The van der Waals surface area contributed by atoms with Crippen LogP contribution in [0, 0.1) is 13.8 Å². The minimum Gasteiger partial charge on any atom is -0.496 e. The van der Waals surface area contributed by atoms with Gasteiger partial charge in [0.15, 0.2) is 0 Å². The molecule has 1 heterocycles. The molecule has 0 spiro atoms. The second-order valence-electron chi connectivity index (χ2n) is 3.98. The van der Waals surface area contributed by atoms with Gasteiger partial charge in [0.2, 0.25) is 0 Å². The number of rotatable bonds is 3. The number of anilines is 1. The Morgan fingerprint density at radius 2 is 1.78 bits per heavy atom. The third kappa shape index (κ3) is 1.99. The van der Waals surface area contributed by atoms with Crippen molar-refractivity contribution in [2.75, 3.05) is 20.0 Å². The van der Waals surface area contributed by atoms with E-state index in [9.17, 15) is 0 Å². The number of nitrogens with zero attached hydrogens (tertiary/aromatic N) is 1. The smallest absolute Gasteiger partial charge is 0.292 e. The van der Waals surface area contributed by atoms with Gasteiger partial charge in [0.05, 0.1) is 14.2 Å². The fourth-order valence-corrected chi connectivity index (χ4v) is 1.90. The first kappa shape index (κ1) is 12.3. The van der Waals surface area contributed by atoms with E-state index in [1.54, 1.807) is 14.2 Å². The number of nitrogen functional groups attached to an aromatic ring is 1. The first-order valence-corrected chi connectivity index (χ1v) is 5.52. The highest BCUT2D eigenvalue weighted by Gasteiger charge is 2.16. The summed E-state index contributed by atoms with van der Waals surface area (Å²) in [5.41, 5.74) is 8.02. The summed E-state index contributed by atoms with van der Waals surface area (Å²) in [6.45, 7) is 3.76. The van der Waals surface area contributed by atoms with Crippen molar-refractivity contribution in [3.05, 3.63) is 23.5 Å². The molecule has 1 aromatic heterocycles. The van der Waals surface area contributed by atoms with E-state index in [1.807, 2.05) is 26.0 Å². The number of aromatic nitrogens is 1. The van der Waals surface area contributed by atoms with Gasteiger partial charge < -0.3 is 19.6 Å². The van der Waals surface area contributed by atoms with Gasteiger partial charge in [0, 0.05) is 5.56 Å². The molecule has 0 amide bonds. The Morgan fingerprint density at radius 3 is 2.28 bits per heavy atom. The molecule has 5 nitrogen and oxygen atoms in total. The summed E-state index contributed by atoms with van der Waals surface area (Å²) >= 11 is 0. The predicted octanol–water partition coefficient (Wildman–Crippen LogP) is 2.56. The van der Waals surface area contributed by atoms with E-state index in [1.165, 1.54) is 0 Å². The van der Waals surface area contributed by atoms with E-state index < -0.39 is 0 Å². The summed E-state index contributed by atoms with van der Waals surface area (Å²) in [6.07, 6.45) is 0. The Bertz CT molecular complexity index is 576. The highest BCUT2D eigenvalue weighted by Crippen LogP contribution is 2.37. The zero-order valence-corrected chi connectivity index (χ0v) is 10.9. The molecule has 0 fully saturated rings. The van der Waals surface area contributed by atoms with Gasteiger partial charge in [-0.3, -0.25) is 0 Å². The molecule has 5 heteroatoms. The Labute approximate surface area is 106 Å². The summed E-state index contributed by atoms with van der Waals surface area (Å²) in [7, 11) is 3.24. The van der Waals surface area contributed by atoms with E-state index in [0.29, 0.717) is 17.2 Å². The van der Waals surface area contributed by atoms with E-state index in [2.05, 4.69) is 4.98 Å². The van der Waals surface area contributed by atoms with Crippen LogP contribution < -0.4 is 15.2 Å². The molecule has 0 radical (unpaired) electrons. The lowest BCUT2D eigenvalue weighted by Crippen LogP contribution is -1.94. The van der Waals surface area contributed by atoms with Crippen LogP contribution in [0.4, 0.5) is 6.01 Å². The maximum atomic E-state index is 5.56. The topological polar surface area (TPSA) is 70.5 Å². The number of ether oxygens (including phenoxy) is 2. The highest BCUT2D eigenvalue weighted by molar-refractivity contribution is 5.72. The molecule has 0 aliphatic carbocycles. The predicted molar refractivity (Wildman–Crippen MR) is 68.9 cm³/mol. The van der Waals surface area contributed by atoms with Gasteiger partial charge in [-0.15, -0.1) is 0 Å². The van der Waals surface area contributed by atoms with Crippen molar-refractivity contribution < 1.29 is 13.9 Å². The molecule has 0 saturated carbocycles. The molecule has 0 saturated heterocycles. The second kappa shape index (κ2) is 4.60. The lowest BCUT2D eigenvalue weighted by molar-refractivity contribution is 0.401. The zero-order valence-electron chi connectivity index (χ0n) is 10.9. The number of aryl methyl sites for hydroxylation is 2. The van der Waals surface area contributed by atoms with Crippen molar-refractivity contribution in [2.45, 2.75) is 13.8 Å². The minimum atomic E-state index is 0.143. The number of oxazole rings is 1. The third-order valence-electron chi connectivity index (χ3n) is 2.79. The number of benzene rings is 1. The van der Waals surface area contributed by atoms with Crippen molar-refractivity contribution in [2.24, 2.45) is 0 Å². The molecular formula is C13H16N2O3. The number of methoxy groups -OCH3 is 2. The molecule has 0 atom stereocenters. The van der Waals surface area contributed by atoms with Crippen LogP contribution in [0.2, 0.25) is 0 Å². The third-order valence-corrected chi connectivity index (χ3v) is 2.79. The van der Waals surface area contributed by atoms with Gasteiger partial charge in [0.25, 0.3) is 6.01 Å². The van der Waals surface area contributed by atoms with Crippen molar-refractivity contribution in [1.82, 2.24) is 4.98 Å². The Balaban J connectivity index is 2.65. The molecular weight excluding hydrogens is 232 g/mol. The van der Waals surface area contributed by atoms with Crippen LogP contribution in [0.25, 0.3) is 11.3 Å². The van der Waals surface area contributed by atoms with Gasteiger partial charge in [0.1, 0.15) is 23.0 Å². The van der Waals surface area contributed by atoms with E-state index in [-0.39, 0.29) is 6.01 Å². The normalized spacial score (nSPS) is 10.4. The van der Waals surface area contributed by atoms with Crippen molar-refractivity contribution >= 4 is 6.01 Å². The maximum Gasteiger partial charge on any atom is 0.292 e. The maximum absolute atomic E-state index is 5.56.